The van der Waals surface area contributed by atoms with E-state index in [2.05, 4.69) is 4.98 Å². The number of hydrogen-bond acceptors (Lipinski definition) is 3. The van der Waals surface area contributed by atoms with Crippen LogP contribution in [0.5, 0.6) is 5.75 Å². The molecule has 2 aromatic carbocycles. The summed E-state index contributed by atoms with van der Waals surface area (Å²) in [6.45, 7) is 3.07. The van der Waals surface area contributed by atoms with Gasteiger partial charge < -0.3 is 14.4 Å². The summed E-state index contributed by atoms with van der Waals surface area (Å²) in [5.41, 5.74) is 2.84. The highest BCUT2D eigenvalue weighted by molar-refractivity contribution is 5.74. The normalized spacial score (nSPS) is 12.5. The zero-order valence-corrected chi connectivity index (χ0v) is 11.9. The predicted octanol–water partition coefficient (Wildman–Crippen LogP) is 3.17. The van der Waals surface area contributed by atoms with Crippen molar-refractivity contribution in [3.63, 3.8) is 0 Å². The third-order valence-corrected chi connectivity index (χ3v) is 3.47. The van der Waals surface area contributed by atoms with Crippen LogP contribution in [0.1, 0.15) is 18.6 Å². The average molecular weight is 282 g/mol. The van der Waals surface area contributed by atoms with Crippen LogP contribution in [0.2, 0.25) is 0 Å². The predicted molar refractivity (Wildman–Crippen MR) is 82.3 cm³/mol. The molecule has 1 N–H and O–H groups in total. The van der Waals surface area contributed by atoms with Crippen LogP contribution in [0.25, 0.3) is 11.0 Å². The summed E-state index contributed by atoms with van der Waals surface area (Å²) >= 11 is 0. The summed E-state index contributed by atoms with van der Waals surface area (Å²) in [6, 6.07) is 15.5. The van der Waals surface area contributed by atoms with Crippen LogP contribution in [0.15, 0.2) is 54.9 Å². The van der Waals surface area contributed by atoms with E-state index in [9.17, 15) is 5.11 Å². The lowest BCUT2D eigenvalue weighted by Gasteiger charge is -2.13. The summed E-state index contributed by atoms with van der Waals surface area (Å²) in [7, 11) is 0. The number of nitrogens with zero attached hydrogens (tertiary/aromatic N) is 2. The fourth-order valence-corrected chi connectivity index (χ4v) is 2.40. The zero-order valence-electron chi connectivity index (χ0n) is 11.9. The van der Waals surface area contributed by atoms with E-state index in [-0.39, 0.29) is 0 Å². The number of hydrogen-bond donors (Lipinski definition) is 1. The van der Waals surface area contributed by atoms with Crippen LogP contribution >= 0.6 is 0 Å². The molecule has 4 nitrogen and oxygen atoms in total. The molecule has 1 heterocycles. The van der Waals surface area contributed by atoms with Crippen LogP contribution < -0.4 is 4.74 Å². The van der Waals surface area contributed by atoms with Gasteiger partial charge in [0.25, 0.3) is 0 Å². The molecule has 108 valence electrons. The summed E-state index contributed by atoms with van der Waals surface area (Å²) < 4.78 is 7.38. The van der Waals surface area contributed by atoms with Crippen molar-refractivity contribution in [3.8, 4) is 5.75 Å². The van der Waals surface area contributed by atoms with Crippen molar-refractivity contribution in [2.24, 2.45) is 0 Å². The van der Waals surface area contributed by atoms with E-state index in [1.54, 1.807) is 6.33 Å². The molecule has 0 amide bonds. The van der Waals surface area contributed by atoms with Crippen molar-refractivity contribution in [1.82, 2.24) is 9.55 Å². The van der Waals surface area contributed by atoms with Crippen molar-refractivity contribution in [1.29, 1.82) is 0 Å². The first-order chi connectivity index (χ1) is 10.3. The molecule has 0 bridgehead atoms. The fourth-order valence-electron chi connectivity index (χ4n) is 2.40. The second-order valence-corrected chi connectivity index (χ2v) is 4.90. The molecule has 0 saturated heterocycles. The van der Waals surface area contributed by atoms with Crippen LogP contribution in [0.4, 0.5) is 0 Å². The molecule has 4 heteroatoms. The maximum Gasteiger partial charge on any atom is 0.119 e. The van der Waals surface area contributed by atoms with Crippen molar-refractivity contribution in [2.45, 2.75) is 19.6 Å². The lowest BCUT2D eigenvalue weighted by atomic mass is 10.1. The Labute approximate surface area is 123 Å². The Bertz CT molecular complexity index is 719. The molecule has 0 aliphatic heterocycles. The van der Waals surface area contributed by atoms with Gasteiger partial charge in [-0.1, -0.05) is 24.3 Å². The van der Waals surface area contributed by atoms with E-state index in [1.807, 2.05) is 60.0 Å². The largest absolute Gasteiger partial charge is 0.494 e. The zero-order chi connectivity index (χ0) is 14.7. The van der Waals surface area contributed by atoms with Gasteiger partial charge in [-0.05, 0) is 36.8 Å². The second-order valence-electron chi connectivity index (χ2n) is 4.90. The average Bonchev–Trinajstić information content (AvgIpc) is 2.92. The molecule has 1 unspecified atom stereocenters. The SMILES string of the molecule is CCOc1ccc(C(O)Cn2cnc3ccccc32)cc1. The van der Waals surface area contributed by atoms with E-state index in [0.717, 1.165) is 22.3 Å². The van der Waals surface area contributed by atoms with Gasteiger partial charge in [0.05, 0.1) is 36.6 Å². The number of aliphatic hydroxyl groups excluding tert-OH is 1. The highest BCUT2D eigenvalue weighted by atomic mass is 16.5. The standard InChI is InChI=1S/C17H18N2O2/c1-2-21-14-9-7-13(8-10-14)17(20)11-19-12-18-15-5-3-4-6-16(15)19/h3-10,12,17,20H,2,11H2,1H3. The number of rotatable bonds is 5. The smallest absolute Gasteiger partial charge is 0.119 e. The molecule has 3 aromatic rings. The van der Waals surface area contributed by atoms with Crippen LogP contribution in [0.3, 0.4) is 0 Å². The molecular formula is C17H18N2O2. The number of ether oxygens (including phenoxy) is 1. The quantitative estimate of drug-likeness (QED) is 0.782. The molecule has 0 aliphatic rings. The summed E-state index contributed by atoms with van der Waals surface area (Å²) in [5, 5.41) is 10.4. The van der Waals surface area contributed by atoms with Gasteiger partial charge in [-0.2, -0.15) is 0 Å². The third kappa shape index (κ3) is 2.90. The molecule has 0 aliphatic carbocycles. The van der Waals surface area contributed by atoms with E-state index >= 15 is 0 Å². The van der Waals surface area contributed by atoms with Crippen molar-refractivity contribution in [2.75, 3.05) is 6.61 Å². The maximum atomic E-state index is 10.4. The van der Waals surface area contributed by atoms with Gasteiger partial charge in [-0.25, -0.2) is 4.98 Å². The number of aromatic nitrogens is 2. The minimum atomic E-state index is -0.571. The molecular weight excluding hydrogens is 264 g/mol. The molecule has 3 rings (SSSR count). The second kappa shape index (κ2) is 5.97. The Hall–Kier alpha value is -2.33. The van der Waals surface area contributed by atoms with Gasteiger partial charge in [0.15, 0.2) is 0 Å². The van der Waals surface area contributed by atoms with Gasteiger partial charge in [-0.3, -0.25) is 0 Å². The van der Waals surface area contributed by atoms with Crippen LogP contribution in [-0.4, -0.2) is 21.3 Å². The van der Waals surface area contributed by atoms with E-state index in [4.69, 9.17) is 4.74 Å². The Kier molecular flexibility index (Phi) is 3.88. The Morgan fingerprint density at radius 1 is 1.14 bits per heavy atom. The summed E-state index contributed by atoms with van der Waals surface area (Å²) in [6.07, 6.45) is 1.20. The Morgan fingerprint density at radius 3 is 2.67 bits per heavy atom. The van der Waals surface area contributed by atoms with E-state index in [0.29, 0.717) is 13.2 Å². The lowest BCUT2D eigenvalue weighted by Crippen LogP contribution is -2.07. The van der Waals surface area contributed by atoms with Crippen LogP contribution in [0, 0.1) is 0 Å². The minimum absolute atomic E-state index is 0.481. The topological polar surface area (TPSA) is 47.3 Å². The molecule has 0 saturated carbocycles. The lowest BCUT2D eigenvalue weighted by molar-refractivity contribution is 0.158. The number of aliphatic hydroxyl groups is 1. The van der Waals surface area contributed by atoms with Gasteiger partial charge in [0.2, 0.25) is 0 Å². The van der Waals surface area contributed by atoms with Crippen LogP contribution in [-0.2, 0) is 6.54 Å². The maximum absolute atomic E-state index is 10.4. The van der Waals surface area contributed by atoms with Crippen molar-refractivity contribution < 1.29 is 9.84 Å². The first-order valence-corrected chi connectivity index (χ1v) is 7.08. The fraction of sp³-hybridized carbons (Fsp3) is 0.235. The minimum Gasteiger partial charge on any atom is -0.494 e. The number of fused-ring (bicyclic) bond motifs is 1. The summed E-state index contributed by atoms with van der Waals surface area (Å²) in [5.74, 6) is 0.821. The van der Waals surface area contributed by atoms with Gasteiger partial charge in [0, 0.05) is 0 Å². The van der Waals surface area contributed by atoms with Crippen molar-refractivity contribution >= 4 is 11.0 Å². The molecule has 0 radical (unpaired) electrons. The molecule has 21 heavy (non-hydrogen) atoms. The van der Waals surface area contributed by atoms with E-state index in [1.165, 1.54) is 0 Å². The number of imidazole rings is 1. The number of benzene rings is 2. The first-order valence-electron chi connectivity index (χ1n) is 7.08. The van der Waals surface area contributed by atoms with E-state index < -0.39 is 6.10 Å². The Balaban J connectivity index is 1.77. The van der Waals surface area contributed by atoms with Gasteiger partial charge in [-0.15, -0.1) is 0 Å². The highest BCUT2D eigenvalue weighted by Gasteiger charge is 2.10. The molecule has 1 aromatic heterocycles. The summed E-state index contributed by atoms with van der Waals surface area (Å²) in [4.78, 5) is 4.34. The van der Waals surface area contributed by atoms with Gasteiger partial charge >= 0.3 is 0 Å². The molecule has 0 spiro atoms. The first kappa shape index (κ1) is 13.6. The van der Waals surface area contributed by atoms with Crippen molar-refractivity contribution in [3.05, 3.63) is 60.4 Å². The monoisotopic (exact) mass is 282 g/mol. The third-order valence-electron chi connectivity index (χ3n) is 3.47. The molecule has 1 atom stereocenters. The Morgan fingerprint density at radius 2 is 1.90 bits per heavy atom. The number of para-hydroxylation sites is 2. The highest BCUT2D eigenvalue weighted by Crippen LogP contribution is 2.21. The van der Waals surface area contributed by atoms with Gasteiger partial charge in [0.1, 0.15) is 5.75 Å². The molecule has 0 fully saturated rings.